The van der Waals surface area contributed by atoms with Crippen molar-refractivity contribution in [3.8, 4) is 5.69 Å². The van der Waals surface area contributed by atoms with Gasteiger partial charge in [0.15, 0.2) is 23.4 Å². The first-order valence-electron chi connectivity index (χ1n) is 14.2. The van der Waals surface area contributed by atoms with Gasteiger partial charge in [0.25, 0.3) is 5.91 Å². The maximum Gasteiger partial charge on any atom is 0.435 e. The van der Waals surface area contributed by atoms with Gasteiger partial charge in [-0.05, 0) is 37.8 Å². The molecule has 44 heavy (non-hydrogen) atoms. The highest BCUT2D eigenvalue weighted by molar-refractivity contribution is 5.96. The van der Waals surface area contributed by atoms with Gasteiger partial charge >= 0.3 is 12.1 Å². The highest BCUT2D eigenvalue weighted by Gasteiger charge is 2.42. The lowest BCUT2D eigenvalue weighted by atomic mass is 9.80. The minimum atomic E-state index is -4.83. The first kappa shape index (κ1) is 30.6. The Morgan fingerprint density at radius 2 is 1.57 bits per heavy atom. The van der Waals surface area contributed by atoms with Crippen molar-refractivity contribution in [2.24, 2.45) is 11.8 Å². The van der Waals surface area contributed by atoms with Crippen LogP contribution in [0.2, 0.25) is 0 Å². The summed E-state index contributed by atoms with van der Waals surface area (Å²) in [6.07, 6.45) is -1.85. The number of aromatic nitrogens is 2. The number of carbonyl (C=O) groups is 3. The molecule has 1 aliphatic heterocycles. The van der Waals surface area contributed by atoms with Crippen molar-refractivity contribution in [3.05, 3.63) is 89.4 Å². The van der Waals surface area contributed by atoms with E-state index >= 15 is 0 Å². The minimum Gasteiger partial charge on any atom is -0.476 e. The number of benzene rings is 2. The summed E-state index contributed by atoms with van der Waals surface area (Å²) in [6, 6.07) is 17.2. The molecule has 2 amide bonds. The molecule has 2 aromatic carbocycles. The van der Waals surface area contributed by atoms with E-state index in [0.29, 0.717) is 42.7 Å². The van der Waals surface area contributed by atoms with Crippen LogP contribution in [-0.4, -0.2) is 63.9 Å². The summed E-state index contributed by atoms with van der Waals surface area (Å²) in [5, 5.41) is 18.6. The van der Waals surface area contributed by atoms with Crippen LogP contribution in [0.1, 0.15) is 47.3 Å². The van der Waals surface area contributed by atoms with E-state index in [2.05, 4.69) is 15.7 Å². The van der Waals surface area contributed by atoms with Gasteiger partial charge in [0.2, 0.25) is 5.91 Å². The lowest BCUT2D eigenvalue weighted by molar-refractivity contribution is -0.141. The number of likely N-dealkylation sites (N-methyl/N-ethyl adjacent to an activating group) is 1. The normalized spacial score (nSPS) is 20.3. The number of para-hydroxylation sites is 1. The molecule has 0 saturated heterocycles. The second-order valence-corrected chi connectivity index (χ2v) is 10.8. The Morgan fingerprint density at radius 3 is 2.18 bits per heavy atom. The second-order valence-electron chi connectivity index (χ2n) is 10.8. The van der Waals surface area contributed by atoms with E-state index in [-0.39, 0.29) is 36.5 Å². The molecule has 2 heterocycles. The van der Waals surface area contributed by atoms with E-state index < -0.39 is 35.5 Å². The largest absolute Gasteiger partial charge is 0.476 e. The predicted octanol–water partition coefficient (Wildman–Crippen LogP) is 4.29. The van der Waals surface area contributed by atoms with Crippen molar-refractivity contribution in [2.45, 2.75) is 38.1 Å². The number of amides is 2. The second kappa shape index (κ2) is 12.8. The zero-order chi connectivity index (χ0) is 31.4. The van der Waals surface area contributed by atoms with Crippen molar-refractivity contribution in [2.75, 3.05) is 20.1 Å². The number of halogens is 3. The number of alkyl halides is 3. The van der Waals surface area contributed by atoms with E-state index in [1.54, 1.807) is 54.4 Å². The number of nitrogens with zero attached hydrogens (tertiary/aromatic N) is 3. The highest BCUT2D eigenvalue weighted by Crippen LogP contribution is 2.41. The van der Waals surface area contributed by atoms with Crippen LogP contribution in [-0.2, 0) is 20.5 Å². The zero-order valence-corrected chi connectivity index (χ0v) is 23.9. The van der Waals surface area contributed by atoms with Gasteiger partial charge in [-0.3, -0.25) is 9.59 Å². The van der Waals surface area contributed by atoms with Crippen LogP contribution in [0.3, 0.4) is 0 Å². The number of carbonyl (C=O) groups excluding carboxylic acids is 2. The highest BCUT2D eigenvalue weighted by atomic mass is 19.4. The number of carboxylic acids is 1. The fraction of sp³-hybridized carbons (Fsp3) is 0.355. The van der Waals surface area contributed by atoms with E-state index in [1.165, 1.54) is 0 Å². The fourth-order valence-corrected chi connectivity index (χ4v) is 5.73. The lowest BCUT2D eigenvalue weighted by Gasteiger charge is -2.34. The maximum absolute atomic E-state index is 13.6. The molecule has 5 rings (SSSR count). The van der Waals surface area contributed by atoms with Crippen molar-refractivity contribution >= 4 is 23.5 Å². The first-order valence-corrected chi connectivity index (χ1v) is 14.2. The molecule has 1 unspecified atom stereocenters. The molecular weight excluding hydrogens is 579 g/mol. The number of rotatable bonds is 9. The summed E-state index contributed by atoms with van der Waals surface area (Å²) in [5.41, 5.74) is -0.753. The molecule has 2 aliphatic rings. The van der Waals surface area contributed by atoms with Gasteiger partial charge in [-0.2, -0.15) is 18.3 Å². The first-order chi connectivity index (χ1) is 21.0. The fourth-order valence-electron chi connectivity index (χ4n) is 5.73. The molecule has 3 N–H and O–H groups in total. The average molecular weight is 612 g/mol. The molecule has 1 fully saturated rings. The van der Waals surface area contributed by atoms with Gasteiger partial charge in [-0.15, -0.1) is 0 Å². The molecule has 232 valence electrons. The Bertz CT molecular complexity index is 1530. The van der Waals surface area contributed by atoms with Crippen LogP contribution in [0.5, 0.6) is 0 Å². The molecule has 0 radical (unpaired) electrons. The third kappa shape index (κ3) is 6.56. The van der Waals surface area contributed by atoms with Crippen LogP contribution in [0.25, 0.3) is 11.4 Å². The SMILES string of the molecule is CN1C(C(=O)O)=C(c2ccccc2)OC1C1CCC(C(=O)NCCNC(=O)c2cn(-c3ccccc3)nc2C(F)(F)F)CC1. The summed E-state index contributed by atoms with van der Waals surface area (Å²) in [4.78, 5) is 39.1. The standard InChI is InChI=1S/C31H32F3N5O5/c1-38-24(30(42)43)25(19-8-4-2-5-9-19)44-29(38)21-14-12-20(13-15-21)27(40)35-16-17-36-28(41)23-18-39(22-10-6-3-7-11-22)37-26(23)31(32,33)34/h2-11,18,20-21,29H,12-17H2,1H3,(H,35,40)(H,36,41)(H,42,43). The van der Waals surface area contributed by atoms with E-state index in [9.17, 15) is 32.7 Å². The maximum atomic E-state index is 13.6. The molecule has 10 nitrogen and oxygen atoms in total. The van der Waals surface area contributed by atoms with Gasteiger partial charge in [0, 0.05) is 43.7 Å². The van der Waals surface area contributed by atoms with Crippen molar-refractivity contribution in [3.63, 3.8) is 0 Å². The van der Waals surface area contributed by atoms with Crippen molar-refractivity contribution in [1.29, 1.82) is 0 Å². The average Bonchev–Trinajstić information content (AvgIpc) is 3.63. The molecule has 3 aromatic rings. The van der Waals surface area contributed by atoms with Gasteiger partial charge in [-0.25, -0.2) is 9.48 Å². The van der Waals surface area contributed by atoms with Gasteiger partial charge in [0.05, 0.1) is 11.3 Å². The quantitative estimate of drug-likeness (QED) is 0.309. The van der Waals surface area contributed by atoms with E-state index in [4.69, 9.17) is 4.74 Å². The van der Waals surface area contributed by atoms with Crippen LogP contribution < -0.4 is 10.6 Å². The van der Waals surface area contributed by atoms with Crippen LogP contribution in [0.15, 0.2) is 72.6 Å². The number of hydrogen-bond donors (Lipinski definition) is 3. The topological polar surface area (TPSA) is 126 Å². The summed E-state index contributed by atoms with van der Waals surface area (Å²) in [7, 11) is 1.70. The number of carboxylic acid groups (broad SMARTS) is 1. The molecule has 1 aromatic heterocycles. The summed E-state index contributed by atoms with van der Waals surface area (Å²) in [6.45, 7) is -0.0280. The van der Waals surface area contributed by atoms with Crippen LogP contribution in [0.4, 0.5) is 13.2 Å². The molecule has 0 bridgehead atoms. The Labute approximate surface area is 251 Å². The Balaban J connectivity index is 1.11. The number of hydrogen-bond acceptors (Lipinski definition) is 6. The molecule has 13 heteroatoms. The third-order valence-corrected chi connectivity index (χ3v) is 7.93. The van der Waals surface area contributed by atoms with Crippen molar-refractivity contribution < 1.29 is 37.4 Å². The third-order valence-electron chi connectivity index (χ3n) is 7.93. The molecule has 1 atom stereocenters. The molecule has 1 aliphatic carbocycles. The zero-order valence-electron chi connectivity index (χ0n) is 23.9. The number of ether oxygens (including phenoxy) is 1. The Kier molecular flexibility index (Phi) is 8.93. The number of aliphatic carboxylic acids is 1. The molecule has 1 saturated carbocycles. The summed E-state index contributed by atoms with van der Waals surface area (Å²) >= 11 is 0. The van der Waals surface area contributed by atoms with E-state index in [1.807, 2.05) is 18.2 Å². The van der Waals surface area contributed by atoms with Gasteiger partial charge in [-0.1, -0.05) is 48.5 Å². The van der Waals surface area contributed by atoms with Crippen LogP contribution in [0, 0.1) is 11.8 Å². The van der Waals surface area contributed by atoms with Crippen molar-refractivity contribution in [1.82, 2.24) is 25.3 Å². The van der Waals surface area contributed by atoms with Gasteiger partial charge < -0.3 is 25.4 Å². The van der Waals surface area contributed by atoms with Crippen LogP contribution >= 0.6 is 0 Å². The summed E-state index contributed by atoms with van der Waals surface area (Å²) < 4.78 is 47.9. The monoisotopic (exact) mass is 611 g/mol. The lowest BCUT2D eigenvalue weighted by Crippen LogP contribution is -2.41. The smallest absolute Gasteiger partial charge is 0.435 e. The van der Waals surface area contributed by atoms with Gasteiger partial charge in [0.1, 0.15) is 0 Å². The molecular formula is C31H32F3N5O5. The molecule has 0 spiro atoms. The Hall–Kier alpha value is -4.81. The minimum absolute atomic E-state index is 0.0125. The summed E-state index contributed by atoms with van der Waals surface area (Å²) in [5.74, 6) is -2.18. The Morgan fingerprint density at radius 1 is 0.955 bits per heavy atom. The number of nitrogens with one attached hydrogen (secondary N) is 2. The van der Waals surface area contributed by atoms with E-state index in [0.717, 1.165) is 10.9 Å². The predicted molar refractivity (Wildman–Crippen MR) is 153 cm³/mol.